The first kappa shape index (κ1) is 32.3. The summed E-state index contributed by atoms with van der Waals surface area (Å²) in [6, 6.07) is 21.6. The van der Waals surface area contributed by atoms with E-state index in [9.17, 15) is 4.79 Å². The van der Waals surface area contributed by atoms with Gasteiger partial charge in [0.15, 0.2) is 0 Å². The number of likely N-dealkylation sites (tertiary alicyclic amines) is 1. The Labute approximate surface area is 281 Å². The SMILES string of the molecule is NC(=O)C1Cc2c(c(-c3ccc(Cl)c(C#Cc4ccc(CNCc5ccc(Cl)cc5)cc4)c3)nn2CCCN2CCCCC2)CN1. The number of aromatic nitrogens is 2. The van der Waals surface area contributed by atoms with E-state index in [-0.39, 0.29) is 5.91 Å². The lowest BCUT2D eigenvalue weighted by Crippen LogP contribution is -2.45. The van der Waals surface area contributed by atoms with Gasteiger partial charge in [0.25, 0.3) is 0 Å². The molecule has 4 N–H and O–H groups in total. The highest BCUT2D eigenvalue weighted by atomic mass is 35.5. The third-order valence-electron chi connectivity index (χ3n) is 8.83. The molecule has 3 aromatic carbocycles. The molecule has 1 aromatic heterocycles. The smallest absolute Gasteiger partial charge is 0.234 e. The molecular formula is C37H40Cl2N6O. The van der Waals surface area contributed by atoms with Crippen LogP contribution in [0, 0.1) is 11.8 Å². The molecule has 2 aliphatic rings. The molecule has 9 heteroatoms. The molecule has 7 nitrogen and oxygen atoms in total. The highest BCUT2D eigenvalue weighted by Crippen LogP contribution is 2.31. The molecule has 0 radical (unpaired) electrons. The van der Waals surface area contributed by atoms with Crippen molar-refractivity contribution in [3.05, 3.63) is 110 Å². The first-order valence-corrected chi connectivity index (χ1v) is 16.9. The van der Waals surface area contributed by atoms with Crippen LogP contribution in [0.4, 0.5) is 0 Å². The molecule has 6 rings (SSSR count). The standard InChI is InChI=1S/C37H40Cl2N6O/c38-31-14-10-28(11-15-31)24-41-23-27-7-5-26(6-8-27)9-12-29-21-30(13-16-33(29)39)36-32-25-42-34(37(40)46)22-35(32)45(43-36)20-4-19-44-17-2-1-3-18-44/h5-8,10-11,13-16,21,34,41-42H,1-4,17-20,22-25H2,(H2,40,46). The predicted octanol–water partition coefficient (Wildman–Crippen LogP) is 5.92. The Morgan fingerprint density at radius 3 is 2.37 bits per heavy atom. The third-order valence-corrected chi connectivity index (χ3v) is 9.41. The van der Waals surface area contributed by atoms with E-state index in [1.807, 2.05) is 54.6 Å². The van der Waals surface area contributed by atoms with Gasteiger partial charge in [-0.25, -0.2) is 0 Å². The Hall–Kier alpha value is -3.64. The number of nitrogens with zero attached hydrogens (tertiary/aromatic N) is 3. The fraction of sp³-hybridized carbons (Fsp3) is 0.351. The number of piperidine rings is 1. The van der Waals surface area contributed by atoms with Crippen LogP contribution in [0.1, 0.15) is 59.2 Å². The molecule has 1 amide bonds. The van der Waals surface area contributed by atoms with Crippen molar-refractivity contribution in [2.75, 3.05) is 19.6 Å². The van der Waals surface area contributed by atoms with Gasteiger partial charge >= 0.3 is 0 Å². The number of hydrogen-bond acceptors (Lipinski definition) is 5. The van der Waals surface area contributed by atoms with Crippen LogP contribution in [0.2, 0.25) is 10.0 Å². The van der Waals surface area contributed by atoms with Gasteiger partial charge in [0, 0.05) is 65.6 Å². The van der Waals surface area contributed by atoms with E-state index in [0.717, 1.165) is 71.3 Å². The molecule has 46 heavy (non-hydrogen) atoms. The number of benzene rings is 3. The van der Waals surface area contributed by atoms with Crippen LogP contribution in [-0.4, -0.2) is 46.3 Å². The maximum Gasteiger partial charge on any atom is 0.234 e. The van der Waals surface area contributed by atoms with Gasteiger partial charge in [-0.15, -0.1) is 0 Å². The summed E-state index contributed by atoms with van der Waals surface area (Å²) in [7, 11) is 0. The van der Waals surface area contributed by atoms with Gasteiger partial charge in [-0.2, -0.15) is 5.10 Å². The maximum atomic E-state index is 12.1. The zero-order chi connectivity index (χ0) is 31.9. The molecule has 1 unspecified atom stereocenters. The minimum absolute atomic E-state index is 0.334. The third kappa shape index (κ3) is 8.19. The molecule has 1 atom stereocenters. The average Bonchev–Trinajstić information content (AvgIpc) is 3.44. The Kier molecular flexibility index (Phi) is 10.7. The van der Waals surface area contributed by atoms with E-state index < -0.39 is 6.04 Å². The molecule has 0 spiro atoms. The zero-order valence-electron chi connectivity index (χ0n) is 26.0. The zero-order valence-corrected chi connectivity index (χ0v) is 27.5. The molecule has 4 aromatic rings. The van der Waals surface area contributed by atoms with Crippen LogP contribution < -0.4 is 16.4 Å². The predicted molar refractivity (Wildman–Crippen MR) is 186 cm³/mol. The van der Waals surface area contributed by atoms with Gasteiger partial charge in [-0.1, -0.05) is 71.8 Å². The molecule has 1 saturated heterocycles. The summed E-state index contributed by atoms with van der Waals surface area (Å²) < 4.78 is 2.09. The van der Waals surface area contributed by atoms with Crippen LogP contribution in [0.3, 0.4) is 0 Å². The maximum absolute atomic E-state index is 12.1. The minimum Gasteiger partial charge on any atom is -0.368 e. The lowest BCUT2D eigenvalue weighted by atomic mass is 9.97. The Bertz CT molecular complexity index is 1720. The summed E-state index contributed by atoms with van der Waals surface area (Å²) in [5.74, 6) is 6.23. The monoisotopic (exact) mass is 654 g/mol. The summed E-state index contributed by atoms with van der Waals surface area (Å²) in [6.07, 6.45) is 5.44. The van der Waals surface area contributed by atoms with Crippen molar-refractivity contribution in [2.45, 2.75) is 64.3 Å². The average molecular weight is 656 g/mol. The Balaban J connectivity index is 1.16. The van der Waals surface area contributed by atoms with Crippen LogP contribution >= 0.6 is 23.2 Å². The largest absolute Gasteiger partial charge is 0.368 e. The summed E-state index contributed by atoms with van der Waals surface area (Å²) in [5, 5.41) is 13.2. The molecule has 2 aliphatic heterocycles. The number of halogens is 2. The second-order valence-corrected chi connectivity index (χ2v) is 13.0. The Morgan fingerprint density at radius 1 is 0.935 bits per heavy atom. The van der Waals surface area contributed by atoms with Crippen molar-refractivity contribution in [2.24, 2.45) is 5.73 Å². The van der Waals surface area contributed by atoms with E-state index in [4.69, 9.17) is 34.0 Å². The normalized spacial score (nSPS) is 16.4. The fourth-order valence-electron chi connectivity index (χ4n) is 6.25. The number of nitrogens with two attached hydrogens (primary N) is 1. The lowest BCUT2D eigenvalue weighted by molar-refractivity contribution is -0.120. The number of hydrogen-bond donors (Lipinski definition) is 3. The number of rotatable bonds is 10. The van der Waals surface area contributed by atoms with Gasteiger partial charge in [-0.05, 0) is 86.4 Å². The van der Waals surface area contributed by atoms with Crippen molar-refractivity contribution in [1.29, 1.82) is 0 Å². The molecule has 238 valence electrons. The second kappa shape index (κ2) is 15.3. The number of aryl methyl sites for hydroxylation is 1. The summed E-state index contributed by atoms with van der Waals surface area (Å²) in [4.78, 5) is 14.6. The van der Waals surface area contributed by atoms with Gasteiger partial charge in [0.2, 0.25) is 5.91 Å². The number of amides is 1. The molecule has 1 fully saturated rings. The topological polar surface area (TPSA) is 88.2 Å². The molecular weight excluding hydrogens is 615 g/mol. The van der Waals surface area contributed by atoms with E-state index in [0.29, 0.717) is 18.0 Å². The van der Waals surface area contributed by atoms with Gasteiger partial charge in [0.1, 0.15) is 0 Å². The van der Waals surface area contributed by atoms with Gasteiger partial charge in [0.05, 0.1) is 16.8 Å². The van der Waals surface area contributed by atoms with Gasteiger partial charge < -0.3 is 21.3 Å². The fourth-order valence-corrected chi connectivity index (χ4v) is 6.54. The first-order valence-electron chi connectivity index (χ1n) is 16.1. The number of fused-ring (bicyclic) bond motifs is 1. The highest BCUT2D eigenvalue weighted by Gasteiger charge is 2.29. The molecule has 0 bridgehead atoms. The number of nitrogens with one attached hydrogen (secondary N) is 2. The summed E-state index contributed by atoms with van der Waals surface area (Å²) in [5.41, 5.74) is 13.8. The van der Waals surface area contributed by atoms with Crippen molar-refractivity contribution >= 4 is 29.1 Å². The van der Waals surface area contributed by atoms with E-state index in [1.54, 1.807) is 0 Å². The van der Waals surface area contributed by atoms with E-state index in [1.165, 1.54) is 43.5 Å². The van der Waals surface area contributed by atoms with Gasteiger partial charge in [-0.3, -0.25) is 9.48 Å². The number of primary amides is 1. The van der Waals surface area contributed by atoms with Crippen molar-refractivity contribution in [3.63, 3.8) is 0 Å². The van der Waals surface area contributed by atoms with Crippen LogP contribution in [0.25, 0.3) is 11.3 Å². The summed E-state index contributed by atoms with van der Waals surface area (Å²) in [6.45, 7) is 6.29. The second-order valence-electron chi connectivity index (χ2n) is 12.2. The van der Waals surface area contributed by atoms with Crippen molar-refractivity contribution in [3.8, 4) is 23.1 Å². The van der Waals surface area contributed by atoms with Crippen molar-refractivity contribution in [1.82, 2.24) is 25.3 Å². The molecule has 3 heterocycles. The summed E-state index contributed by atoms with van der Waals surface area (Å²) >= 11 is 12.6. The minimum atomic E-state index is -0.393. The first-order chi connectivity index (χ1) is 22.4. The number of carbonyl (C=O) groups is 1. The van der Waals surface area contributed by atoms with Crippen LogP contribution in [0.15, 0.2) is 66.7 Å². The molecule has 0 aliphatic carbocycles. The highest BCUT2D eigenvalue weighted by molar-refractivity contribution is 6.31. The van der Waals surface area contributed by atoms with Crippen LogP contribution in [-0.2, 0) is 37.4 Å². The van der Waals surface area contributed by atoms with Crippen molar-refractivity contribution < 1.29 is 4.79 Å². The van der Waals surface area contributed by atoms with Crippen LogP contribution in [0.5, 0.6) is 0 Å². The van der Waals surface area contributed by atoms with E-state index in [2.05, 4.69) is 44.2 Å². The number of carbonyl (C=O) groups excluding carboxylic acids is 1. The quantitative estimate of drug-likeness (QED) is 0.185. The Morgan fingerprint density at radius 2 is 1.65 bits per heavy atom. The molecule has 0 saturated carbocycles. The van der Waals surface area contributed by atoms with E-state index >= 15 is 0 Å². The lowest BCUT2D eigenvalue weighted by Gasteiger charge is -2.26.